The lowest BCUT2D eigenvalue weighted by Gasteiger charge is -2.19. The predicted octanol–water partition coefficient (Wildman–Crippen LogP) is -0.340. The van der Waals surface area contributed by atoms with Crippen LogP contribution in [0.3, 0.4) is 0 Å². The average molecular weight is 268 g/mol. The van der Waals surface area contributed by atoms with Gasteiger partial charge in [-0.15, -0.1) is 5.10 Å². The van der Waals surface area contributed by atoms with Crippen LogP contribution in [0.2, 0.25) is 0 Å². The summed E-state index contributed by atoms with van der Waals surface area (Å²) >= 11 is 0. The van der Waals surface area contributed by atoms with Crippen molar-refractivity contribution < 1.29 is 19.4 Å². The van der Waals surface area contributed by atoms with Crippen LogP contribution >= 0.6 is 0 Å². The quantitative estimate of drug-likeness (QED) is 0.756. The Hall–Kier alpha value is -1.96. The van der Waals surface area contributed by atoms with Gasteiger partial charge in [-0.25, -0.2) is 4.68 Å². The zero-order valence-corrected chi connectivity index (χ0v) is 10.6. The number of nitrogens with zero attached hydrogens (tertiary/aromatic N) is 3. The van der Waals surface area contributed by atoms with E-state index in [-0.39, 0.29) is 30.3 Å². The number of carboxylic acids is 1. The van der Waals surface area contributed by atoms with E-state index in [1.54, 1.807) is 0 Å². The third-order valence-corrected chi connectivity index (χ3v) is 2.95. The zero-order chi connectivity index (χ0) is 13.8. The SMILES string of the molecule is CC(NC(=O)c1cn(CC(=O)O)nn1)C1CCCO1. The summed E-state index contributed by atoms with van der Waals surface area (Å²) in [5, 5.41) is 18.6. The highest BCUT2D eigenvalue weighted by molar-refractivity contribution is 5.92. The molecule has 8 nitrogen and oxygen atoms in total. The Labute approximate surface area is 109 Å². The first kappa shape index (κ1) is 13.5. The Bertz CT molecular complexity index is 467. The fraction of sp³-hybridized carbons (Fsp3) is 0.636. The second-order valence-corrected chi connectivity index (χ2v) is 4.51. The molecule has 0 radical (unpaired) electrons. The number of carbonyl (C=O) groups excluding carboxylic acids is 1. The molecule has 2 N–H and O–H groups in total. The molecule has 2 rings (SSSR count). The van der Waals surface area contributed by atoms with Crippen LogP contribution in [0.1, 0.15) is 30.3 Å². The Morgan fingerprint density at radius 3 is 3.11 bits per heavy atom. The Morgan fingerprint density at radius 1 is 1.68 bits per heavy atom. The highest BCUT2D eigenvalue weighted by Crippen LogP contribution is 2.15. The maximum absolute atomic E-state index is 11.9. The number of rotatable bonds is 5. The van der Waals surface area contributed by atoms with E-state index < -0.39 is 5.97 Å². The number of carboxylic acid groups (broad SMARTS) is 1. The van der Waals surface area contributed by atoms with Gasteiger partial charge in [0.15, 0.2) is 5.69 Å². The van der Waals surface area contributed by atoms with E-state index >= 15 is 0 Å². The minimum absolute atomic E-state index is 0.0259. The normalized spacial score (nSPS) is 20.2. The highest BCUT2D eigenvalue weighted by Gasteiger charge is 2.24. The summed E-state index contributed by atoms with van der Waals surface area (Å²) in [5.74, 6) is -1.41. The first-order valence-electron chi connectivity index (χ1n) is 6.10. The fourth-order valence-corrected chi connectivity index (χ4v) is 1.99. The van der Waals surface area contributed by atoms with E-state index in [4.69, 9.17) is 9.84 Å². The molecule has 104 valence electrons. The molecule has 19 heavy (non-hydrogen) atoms. The van der Waals surface area contributed by atoms with Crippen molar-refractivity contribution >= 4 is 11.9 Å². The van der Waals surface area contributed by atoms with Gasteiger partial charge in [-0.3, -0.25) is 9.59 Å². The van der Waals surface area contributed by atoms with Crippen molar-refractivity contribution in [1.29, 1.82) is 0 Å². The van der Waals surface area contributed by atoms with Crippen molar-refractivity contribution in [2.45, 2.75) is 38.5 Å². The summed E-state index contributed by atoms with van der Waals surface area (Å²) in [6.07, 6.45) is 3.26. The maximum Gasteiger partial charge on any atom is 0.325 e. The lowest BCUT2D eigenvalue weighted by Crippen LogP contribution is -2.41. The van der Waals surface area contributed by atoms with Crippen LogP contribution in [0, 0.1) is 0 Å². The van der Waals surface area contributed by atoms with Crippen molar-refractivity contribution in [2.24, 2.45) is 0 Å². The molecule has 0 bridgehead atoms. The van der Waals surface area contributed by atoms with Crippen LogP contribution in [0.25, 0.3) is 0 Å². The molecule has 1 aromatic heterocycles. The van der Waals surface area contributed by atoms with Crippen LogP contribution < -0.4 is 5.32 Å². The number of hydrogen-bond acceptors (Lipinski definition) is 5. The lowest BCUT2D eigenvalue weighted by atomic mass is 10.1. The number of ether oxygens (including phenoxy) is 1. The second-order valence-electron chi connectivity index (χ2n) is 4.51. The smallest absolute Gasteiger partial charge is 0.325 e. The van der Waals surface area contributed by atoms with Gasteiger partial charge < -0.3 is 15.2 Å². The predicted molar refractivity (Wildman–Crippen MR) is 63.6 cm³/mol. The summed E-state index contributed by atoms with van der Waals surface area (Å²) in [6, 6.07) is -0.111. The number of hydrogen-bond donors (Lipinski definition) is 2. The van der Waals surface area contributed by atoms with Gasteiger partial charge in [0.25, 0.3) is 5.91 Å². The molecule has 1 amide bonds. The highest BCUT2D eigenvalue weighted by atomic mass is 16.5. The van der Waals surface area contributed by atoms with Crippen molar-refractivity contribution in [1.82, 2.24) is 20.3 Å². The second kappa shape index (κ2) is 5.79. The standard InChI is InChI=1S/C11H16N4O4/c1-7(9-3-2-4-19-9)12-11(18)8-5-15(14-13-8)6-10(16)17/h5,7,9H,2-4,6H2,1H3,(H,12,18)(H,16,17). The molecule has 1 fully saturated rings. The van der Waals surface area contributed by atoms with E-state index in [2.05, 4.69) is 15.6 Å². The van der Waals surface area contributed by atoms with Crippen molar-refractivity contribution in [3.05, 3.63) is 11.9 Å². The molecule has 8 heteroatoms. The van der Waals surface area contributed by atoms with Gasteiger partial charge in [-0.05, 0) is 19.8 Å². The van der Waals surface area contributed by atoms with E-state index in [0.717, 1.165) is 24.1 Å². The number of aromatic nitrogens is 3. The van der Waals surface area contributed by atoms with E-state index in [1.807, 2.05) is 6.92 Å². The summed E-state index contributed by atoms with van der Waals surface area (Å²) in [7, 11) is 0. The van der Waals surface area contributed by atoms with Gasteiger partial charge in [0.2, 0.25) is 0 Å². The number of nitrogens with one attached hydrogen (secondary N) is 1. The van der Waals surface area contributed by atoms with Crippen LogP contribution in [0.15, 0.2) is 6.20 Å². The molecule has 2 atom stereocenters. The molecule has 1 aromatic rings. The third kappa shape index (κ3) is 3.50. The third-order valence-electron chi connectivity index (χ3n) is 2.95. The fourth-order valence-electron chi connectivity index (χ4n) is 1.99. The average Bonchev–Trinajstić information content (AvgIpc) is 2.97. The van der Waals surface area contributed by atoms with Crippen LogP contribution in [-0.2, 0) is 16.1 Å². The molecule has 0 aliphatic carbocycles. The van der Waals surface area contributed by atoms with Gasteiger partial charge in [-0.1, -0.05) is 5.21 Å². The molecular formula is C11H16N4O4. The van der Waals surface area contributed by atoms with Crippen molar-refractivity contribution in [3.63, 3.8) is 0 Å². The minimum atomic E-state index is -1.04. The lowest BCUT2D eigenvalue weighted by molar-refractivity contribution is -0.137. The van der Waals surface area contributed by atoms with Crippen molar-refractivity contribution in [2.75, 3.05) is 6.61 Å². The molecule has 2 heterocycles. The number of carbonyl (C=O) groups is 2. The van der Waals surface area contributed by atoms with E-state index in [1.165, 1.54) is 6.20 Å². The van der Waals surface area contributed by atoms with Crippen LogP contribution in [0.4, 0.5) is 0 Å². The summed E-state index contributed by atoms with van der Waals surface area (Å²) in [6.45, 7) is 2.27. The first-order chi connectivity index (χ1) is 9.06. The van der Waals surface area contributed by atoms with Gasteiger partial charge in [0.05, 0.1) is 18.3 Å². The molecule has 1 aliphatic heterocycles. The van der Waals surface area contributed by atoms with Gasteiger partial charge >= 0.3 is 5.97 Å². The van der Waals surface area contributed by atoms with Crippen molar-refractivity contribution in [3.8, 4) is 0 Å². The monoisotopic (exact) mass is 268 g/mol. The Morgan fingerprint density at radius 2 is 2.47 bits per heavy atom. The van der Waals surface area contributed by atoms with Gasteiger partial charge in [-0.2, -0.15) is 0 Å². The molecule has 1 aliphatic rings. The molecule has 0 saturated carbocycles. The Balaban J connectivity index is 1.91. The van der Waals surface area contributed by atoms with E-state index in [0.29, 0.717) is 0 Å². The Kier molecular flexibility index (Phi) is 4.10. The summed E-state index contributed by atoms with van der Waals surface area (Å²) in [5.41, 5.74) is 0.103. The molecule has 2 unspecified atom stereocenters. The number of aliphatic carboxylic acids is 1. The van der Waals surface area contributed by atoms with Gasteiger partial charge in [0.1, 0.15) is 6.54 Å². The molecule has 0 aromatic carbocycles. The number of amides is 1. The van der Waals surface area contributed by atoms with E-state index in [9.17, 15) is 9.59 Å². The molecule has 0 spiro atoms. The summed E-state index contributed by atoms with van der Waals surface area (Å²) in [4.78, 5) is 22.4. The molecule has 1 saturated heterocycles. The maximum atomic E-state index is 11.9. The zero-order valence-electron chi connectivity index (χ0n) is 10.6. The van der Waals surface area contributed by atoms with Gasteiger partial charge in [0, 0.05) is 6.61 Å². The first-order valence-corrected chi connectivity index (χ1v) is 6.10. The van der Waals surface area contributed by atoms with Crippen LogP contribution in [0.5, 0.6) is 0 Å². The minimum Gasteiger partial charge on any atom is -0.480 e. The molecular weight excluding hydrogens is 252 g/mol. The van der Waals surface area contributed by atoms with Crippen LogP contribution in [-0.4, -0.2) is 50.7 Å². The topological polar surface area (TPSA) is 106 Å². The largest absolute Gasteiger partial charge is 0.480 e. The summed E-state index contributed by atoms with van der Waals surface area (Å²) < 4.78 is 6.58.